The van der Waals surface area contributed by atoms with Crippen LogP contribution >= 0.6 is 0 Å². The summed E-state index contributed by atoms with van der Waals surface area (Å²) in [5.74, 6) is 0.739. The lowest BCUT2D eigenvalue weighted by Crippen LogP contribution is -2.38. The number of rotatable bonds is 3. The minimum Gasteiger partial charge on any atom is -0.370 e. The number of pyridine rings is 1. The number of hydrogen-bond acceptors (Lipinski definition) is 3. The molecule has 1 fully saturated rings. The second-order valence-corrected chi connectivity index (χ2v) is 6.46. The van der Waals surface area contributed by atoms with Crippen LogP contribution in [0.3, 0.4) is 0 Å². The molecule has 1 aliphatic rings. The zero-order valence-electron chi connectivity index (χ0n) is 13.0. The van der Waals surface area contributed by atoms with E-state index in [0.717, 1.165) is 31.1 Å². The van der Waals surface area contributed by atoms with Crippen molar-refractivity contribution in [2.24, 2.45) is 5.92 Å². The molecule has 2 aromatic rings. The van der Waals surface area contributed by atoms with Gasteiger partial charge in [-0.3, -0.25) is 4.98 Å². The first-order valence-corrected chi connectivity index (χ1v) is 8.05. The maximum absolute atomic E-state index is 4.41. The van der Waals surface area contributed by atoms with E-state index < -0.39 is 0 Å². The van der Waals surface area contributed by atoms with E-state index in [-0.39, 0.29) is 0 Å². The molecule has 1 unspecified atom stereocenters. The lowest BCUT2D eigenvalue weighted by Gasteiger charge is -2.27. The molecule has 0 bridgehead atoms. The first-order valence-electron chi connectivity index (χ1n) is 8.05. The highest BCUT2D eigenvalue weighted by molar-refractivity contribution is 5.82. The Morgan fingerprint density at radius 2 is 2.24 bits per heavy atom. The van der Waals surface area contributed by atoms with Gasteiger partial charge >= 0.3 is 0 Å². The van der Waals surface area contributed by atoms with Crippen molar-refractivity contribution in [2.45, 2.75) is 32.7 Å². The standard InChI is InChI=1S/C18H25N3/c1-14(2)11-16-13-21(10-4-9-19-16)17-6-7-18-15(12-17)5-3-8-20-18/h3,5-8,12,14,16,19H,4,9-11,13H2,1-2H3. The van der Waals surface area contributed by atoms with Gasteiger partial charge in [-0.25, -0.2) is 0 Å². The number of nitrogens with zero attached hydrogens (tertiary/aromatic N) is 2. The summed E-state index contributed by atoms with van der Waals surface area (Å²) < 4.78 is 0. The Labute approximate surface area is 127 Å². The minimum atomic E-state index is 0.595. The monoisotopic (exact) mass is 283 g/mol. The van der Waals surface area contributed by atoms with E-state index >= 15 is 0 Å². The van der Waals surface area contributed by atoms with Gasteiger partial charge in [0.1, 0.15) is 0 Å². The smallest absolute Gasteiger partial charge is 0.0703 e. The predicted octanol–water partition coefficient (Wildman–Crippen LogP) is 3.45. The summed E-state index contributed by atoms with van der Waals surface area (Å²) in [5.41, 5.74) is 2.40. The third kappa shape index (κ3) is 3.53. The lowest BCUT2D eigenvalue weighted by atomic mass is 10.0. The Kier molecular flexibility index (Phi) is 4.39. The van der Waals surface area contributed by atoms with Crippen LogP contribution in [-0.2, 0) is 0 Å². The fraction of sp³-hybridized carbons (Fsp3) is 0.500. The number of benzene rings is 1. The van der Waals surface area contributed by atoms with Crippen molar-refractivity contribution in [2.75, 3.05) is 24.5 Å². The zero-order valence-corrected chi connectivity index (χ0v) is 13.0. The molecule has 21 heavy (non-hydrogen) atoms. The Hall–Kier alpha value is -1.61. The summed E-state index contributed by atoms with van der Waals surface area (Å²) in [4.78, 5) is 6.94. The minimum absolute atomic E-state index is 0.595. The van der Waals surface area contributed by atoms with Crippen LogP contribution in [-0.4, -0.2) is 30.7 Å². The largest absolute Gasteiger partial charge is 0.370 e. The van der Waals surface area contributed by atoms with Crippen molar-refractivity contribution in [1.82, 2.24) is 10.3 Å². The fourth-order valence-corrected chi connectivity index (χ4v) is 3.22. The Balaban J connectivity index is 1.82. The van der Waals surface area contributed by atoms with Gasteiger partial charge in [-0.15, -0.1) is 0 Å². The van der Waals surface area contributed by atoms with Gasteiger partial charge in [0.25, 0.3) is 0 Å². The average molecular weight is 283 g/mol. The SMILES string of the molecule is CC(C)CC1CN(c2ccc3ncccc3c2)CCCN1. The number of nitrogens with one attached hydrogen (secondary N) is 1. The van der Waals surface area contributed by atoms with E-state index in [1.807, 2.05) is 12.3 Å². The molecule has 1 atom stereocenters. The van der Waals surface area contributed by atoms with Crippen molar-refractivity contribution >= 4 is 16.6 Å². The van der Waals surface area contributed by atoms with E-state index in [1.54, 1.807) is 0 Å². The topological polar surface area (TPSA) is 28.2 Å². The predicted molar refractivity (Wildman–Crippen MR) is 89.8 cm³/mol. The zero-order chi connectivity index (χ0) is 14.7. The van der Waals surface area contributed by atoms with Crippen molar-refractivity contribution < 1.29 is 0 Å². The van der Waals surface area contributed by atoms with Crippen LogP contribution in [0.25, 0.3) is 10.9 Å². The molecule has 1 aromatic heterocycles. The van der Waals surface area contributed by atoms with E-state index in [0.29, 0.717) is 6.04 Å². The molecule has 112 valence electrons. The number of anilines is 1. The number of aromatic nitrogens is 1. The summed E-state index contributed by atoms with van der Waals surface area (Å²) in [6.07, 6.45) is 4.31. The molecule has 0 aliphatic carbocycles. The maximum atomic E-state index is 4.41. The molecule has 0 spiro atoms. The van der Waals surface area contributed by atoms with Crippen molar-refractivity contribution in [3.63, 3.8) is 0 Å². The van der Waals surface area contributed by atoms with Crippen LogP contribution in [0.4, 0.5) is 5.69 Å². The molecule has 1 N–H and O–H groups in total. The van der Waals surface area contributed by atoms with Gasteiger partial charge in [0.2, 0.25) is 0 Å². The Morgan fingerprint density at radius 3 is 3.10 bits per heavy atom. The summed E-state index contributed by atoms with van der Waals surface area (Å²) in [6, 6.07) is 11.4. The highest BCUT2D eigenvalue weighted by atomic mass is 15.2. The molecule has 3 heteroatoms. The Bertz CT molecular complexity index is 594. The van der Waals surface area contributed by atoms with Gasteiger partial charge in [0.05, 0.1) is 5.52 Å². The fourth-order valence-electron chi connectivity index (χ4n) is 3.22. The molecule has 0 saturated carbocycles. The lowest BCUT2D eigenvalue weighted by molar-refractivity contribution is 0.436. The first kappa shape index (κ1) is 14.3. The number of fused-ring (bicyclic) bond motifs is 1. The van der Waals surface area contributed by atoms with Gasteiger partial charge in [-0.2, -0.15) is 0 Å². The van der Waals surface area contributed by atoms with Crippen molar-refractivity contribution in [3.8, 4) is 0 Å². The molecular formula is C18H25N3. The van der Waals surface area contributed by atoms with Gasteiger partial charge in [-0.05, 0) is 49.6 Å². The van der Waals surface area contributed by atoms with Gasteiger partial charge in [-0.1, -0.05) is 19.9 Å². The van der Waals surface area contributed by atoms with Crippen LogP contribution in [0.15, 0.2) is 36.5 Å². The second-order valence-electron chi connectivity index (χ2n) is 6.46. The number of hydrogen-bond donors (Lipinski definition) is 1. The van der Waals surface area contributed by atoms with Crippen LogP contribution in [0.2, 0.25) is 0 Å². The molecule has 2 heterocycles. The van der Waals surface area contributed by atoms with Gasteiger partial charge in [0.15, 0.2) is 0 Å². The molecule has 3 rings (SSSR count). The summed E-state index contributed by atoms with van der Waals surface area (Å²) >= 11 is 0. The molecule has 1 aliphatic heterocycles. The van der Waals surface area contributed by atoms with E-state index in [9.17, 15) is 0 Å². The molecule has 0 radical (unpaired) electrons. The average Bonchev–Trinajstić information content (AvgIpc) is 2.71. The Morgan fingerprint density at radius 1 is 1.33 bits per heavy atom. The first-order chi connectivity index (χ1) is 10.2. The molecule has 1 saturated heterocycles. The molecule has 3 nitrogen and oxygen atoms in total. The van der Waals surface area contributed by atoms with Crippen molar-refractivity contribution in [3.05, 3.63) is 36.5 Å². The van der Waals surface area contributed by atoms with Crippen LogP contribution in [0, 0.1) is 5.92 Å². The molecule has 1 aromatic carbocycles. The van der Waals surface area contributed by atoms with Gasteiger partial charge < -0.3 is 10.2 Å². The van der Waals surface area contributed by atoms with Crippen LogP contribution in [0.1, 0.15) is 26.7 Å². The van der Waals surface area contributed by atoms with E-state index in [1.165, 1.54) is 23.9 Å². The van der Waals surface area contributed by atoms with Crippen LogP contribution in [0.5, 0.6) is 0 Å². The highest BCUT2D eigenvalue weighted by Crippen LogP contribution is 2.23. The van der Waals surface area contributed by atoms with E-state index in [4.69, 9.17) is 0 Å². The molecular weight excluding hydrogens is 258 g/mol. The van der Waals surface area contributed by atoms with Crippen LogP contribution < -0.4 is 10.2 Å². The van der Waals surface area contributed by atoms with Gasteiger partial charge in [0, 0.05) is 36.4 Å². The summed E-state index contributed by atoms with van der Waals surface area (Å²) in [7, 11) is 0. The molecule has 0 amide bonds. The second kappa shape index (κ2) is 6.44. The third-order valence-corrected chi connectivity index (χ3v) is 4.19. The highest BCUT2D eigenvalue weighted by Gasteiger charge is 2.19. The van der Waals surface area contributed by atoms with E-state index in [2.05, 4.69) is 53.3 Å². The normalized spacial score (nSPS) is 20.0. The van der Waals surface area contributed by atoms with Crippen molar-refractivity contribution in [1.29, 1.82) is 0 Å². The maximum Gasteiger partial charge on any atom is 0.0703 e. The summed E-state index contributed by atoms with van der Waals surface area (Å²) in [6.45, 7) is 7.97. The third-order valence-electron chi connectivity index (χ3n) is 4.19. The quantitative estimate of drug-likeness (QED) is 0.935. The summed E-state index contributed by atoms with van der Waals surface area (Å²) in [5, 5.41) is 4.93.